The summed E-state index contributed by atoms with van der Waals surface area (Å²) < 4.78 is 28.7. The largest absolute Gasteiger partial charge is 0.369 e. The molecule has 2 aromatic carbocycles. The number of amides is 1. The van der Waals surface area contributed by atoms with Crippen LogP contribution in [0.4, 0.5) is 14.5 Å². The lowest BCUT2D eigenvalue weighted by Gasteiger charge is -2.36. The molecule has 0 aliphatic carbocycles. The van der Waals surface area contributed by atoms with Crippen LogP contribution in [0.1, 0.15) is 18.5 Å². The van der Waals surface area contributed by atoms with Crippen molar-refractivity contribution in [3.05, 3.63) is 70.3 Å². The molecule has 1 fully saturated rings. The number of anilines is 1. The van der Waals surface area contributed by atoms with E-state index in [1.165, 1.54) is 30.6 Å². The molecule has 4 rings (SSSR count). The molecule has 0 spiro atoms. The smallest absolute Gasteiger partial charge is 0.261 e. The number of nitrogens with zero attached hydrogens (tertiary/aromatic N) is 4. The Bertz CT molecular complexity index is 1200. The number of hydrogen-bond donors (Lipinski definition) is 1. The normalized spacial score (nSPS) is 15.7. The molecule has 7 nitrogen and oxygen atoms in total. The standard InChI is InChI=1S/C23H25F2N5O2/c1-15(18-11-17(25)4-6-21(18)29-9-7-28(2)8-10-29)27-22(31)13-30-14-26-20-5-3-16(24)12-19(20)23(30)32/h3-6,11-12,14-15H,7-10,13H2,1-2H3,(H,27,31). The van der Waals surface area contributed by atoms with Crippen molar-refractivity contribution in [2.24, 2.45) is 0 Å². The Kier molecular flexibility index (Phi) is 6.18. The maximum absolute atomic E-state index is 14.0. The van der Waals surface area contributed by atoms with Crippen LogP contribution in [0.25, 0.3) is 10.9 Å². The fraction of sp³-hybridized carbons (Fsp3) is 0.348. The van der Waals surface area contributed by atoms with E-state index in [9.17, 15) is 18.4 Å². The zero-order valence-electron chi connectivity index (χ0n) is 18.0. The SMILES string of the molecule is CC(NC(=O)Cn1cnc2ccc(F)cc2c1=O)c1cc(F)ccc1N1CCN(C)CC1. The molecule has 1 aliphatic rings. The summed E-state index contributed by atoms with van der Waals surface area (Å²) >= 11 is 0. The molecule has 1 amide bonds. The van der Waals surface area contributed by atoms with Crippen molar-refractivity contribution < 1.29 is 13.6 Å². The molecule has 2 heterocycles. The minimum absolute atomic E-state index is 0.107. The molecule has 0 radical (unpaired) electrons. The van der Waals surface area contributed by atoms with Gasteiger partial charge in [0.1, 0.15) is 18.2 Å². The highest BCUT2D eigenvalue weighted by atomic mass is 19.1. The van der Waals surface area contributed by atoms with Crippen LogP contribution in [0.5, 0.6) is 0 Å². The van der Waals surface area contributed by atoms with E-state index < -0.39 is 23.3 Å². The van der Waals surface area contributed by atoms with Gasteiger partial charge < -0.3 is 15.1 Å². The van der Waals surface area contributed by atoms with E-state index in [2.05, 4.69) is 27.1 Å². The van der Waals surface area contributed by atoms with Gasteiger partial charge in [0.2, 0.25) is 5.91 Å². The average molecular weight is 441 g/mol. The van der Waals surface area contributed by atoms with Crippen molar-refractivity contribution >= 4 is 22.5 Å². The number of carbonyl (C=O) groups is 1. The van der Waals surface area contributed by atoms with Crippen molar-refractivity contribution in [3.8, 4) is 0 Å². The number of benzene rings is 2. The van der Waals surface area contributed by atoms with Crippen molar-refractivity contribution in [2.75, 3.05) is 38.1 Å². The first-order chi connectivity index (χ1) is 15.3. The first-order valence-corrected chi connectivity index (χ1v) is 10.5. The van der Waals surface area contributed by atoms with E-state index >= 15 is 0 Å². The third-order valence-corrected chi connectivity index (χ3v) is 5.78. The van der Waals surface area contributed by atoms with Gasteiger partial charge in [0.25, 0.3) is 5.56 Å². The molecule has 1 N–H and O–H groups in total. The van der Waals surface area contributed by atoms with Gasteiger partial charge in [0.15, 0.2) is 0 Å². The maximum atomic E-state index is 14.0. The lowest BCUT2D eigenvalue weighted by Crippen LogP contribution is -2.45. The average Bonchev–Trinajstić information content (AvgIpc) is 2.76. The van der Waals surface area contributed by atoms with Crippen LogP contribution in [0.3, 0.4) is 0 Å². The molecule has 0 bridgehead atoms. The summed E-state index contributed by atoms with van der Waals surface area (Å²) in [6, 6.07) is 7.87. The monoisotopic (exact) mass is 441 g/mol. The van der Waals surface area contributed by atoms with E-state index in [0.29, 0.717) is 11.1 Å². The molecule has 9 heteroatoms. The van der Waals surface area contributed by atoms with Gasteiger partial charge in [-0.3, -0.25) is 14.2 Å². The molecule has 32 heavy (non-hydrogen) atoms. The molecule has 3 aromatic rings. The van der Waals surface area contributed by atoms with Crippen LogP contribution >= 0.6 is 0 Å². The molecule has 1 saturated heterocycles. The highest BCUT2D eigenvalue weighted by Gasteiger charge is 2.21. The Morgan fingerprint density at radius 2 is 1.78 bits per heavy atom. The Hall–Kier alpha value is -3.33. The lowest BCUT2D eigenvalue weighted by atomic mass is 10.0. The fourth-order valence-electron chi connectivity index (χ4n) is 3.97. The van der Waals surface area contributed by atoms with Gasteiger partial charge in [0.05, 0.1) is 23.3 Å². The number of halogens is 2. The number of rotatable bonds is 5. The van der Waals surface area contributed by atoms with E-state index in [-0.39, 0.29) is 17.7 Å². The van der Waals surface area contributed by atoms with Crippen LogP contribution in [0.2, 0.25) is 0 Å². The van der Waals surface area contributed by atoms with Gasteiger partial charge in [-0.25, -0.2) is 13.8 Å². The highest BCUT2D eigenvalue weighted by Crippen LogP contribution is 2.28. The van der Waals surface area contributed by atoms with Crippen molar-refractivity contribution in [1.82, 2.24) is 19.8 Å². The molecule has 1 atom stereocenters. The number of carbonyl (C=O) groups excluding carboxylic acids is 1. The summed E-state index contributed by atoms with van der Waals surface area (Å²) in [5.74, 6) is -1.35. The summed E-state index contributed by atoms with van der Waals surface area (Å²) in [5, 5.41) is 2.95. The van der Waals surface area contributed by atoms with Crippen LogP contribution < -0.4 is 15.8 Å². The summed E-state index contributed by atoms with van der Waals surface area (Å²) in [6.07, 6.45) is 1.27. The topological polar surface area (TPSA) is 70.5 Å². The minimum atomic E-state index is -0.547. The summed E-state index contributed by atoms with van der Waals surface area (Å²) in [4.78, 5) is 33.8. The van der Waals surface area contributed by atoms with Gasteiger partial charge >= 0.3 is 0 Å². The first-order valence-electron chi connectivity index (χ1n) is 10.5. The van der Waals surface area contributed by atoms with Crippen molar-refractivity contribution in [1.29, 1.82) is 0 Å². The maximum Gasteiger partial charge on any atom is 0.261 e. The second kappa shape index (κ2) is 9.04. The molecule has 0 saturated carbocycles. The quantitative estimate of drug-likeness (QED) is 0.658. The predicted octanol–water partition coefficient (Wildman–Crippen LogP) is 2.30. The van der Waals surface area contributed by atoms with Gasteiger partial charge in [-0.15, -0.1) is 0 Å². The first kappa shape index (κ1) is 21.9. The molecule has 1 aliphatic heterocycles. The number of fused-ring (bicyclic) bond motifs is 1. The third kappa shape index (κ3) is 4.62. The number of likely N-dealkylation sites (N-methyl/N-ethyl adjacent to an activating group) is 1. The van der Waals surface area contributed by atoms with Gasteiger partial charge in [0, 0.05) is 37.4 Å². The lowest BCUT2D eigenvalue weighted by molar-refractivity contribution is -0.122. The van der Waals surface area contributed by atoms with Gasteiger partial charge in [-0.1, -0.05) is 0 Å². The number of piperazine rings is 1. The molecule has 1 unspecified atom stereocenters. The number of hydrogen-bond acceptors (Lipinski definition) is 5. The second-order valence-corrected chi connectivity index (χ2v) is 8.12. The van der Waals surface area contributed by atoms with Crippen molar-refractivity contribution in [3.63, 3.8) is 0 Å². The Balaban J connectivity index is 1.52. The van der Waals surface area contributed by atoms with Gasteiger partial charge in [-0.2, -0.15) is 0 Å². The van der Waals surface area contributed by atoms with Crippen LogP contribution in [0, 0.1) is 11.6 Å². The number of aromatic nitrogens is 2. The van der Waals surface area contributed by atoms with Crippen LogP contribution in [-0.2, 0) is 11.3 Å². The highest BCUT2D eigenvalue weighted by molar-refractivity contribution is 5.79. The third-order valence-electron chi connectivity index (χ3n) is 5.78. The van der Waals surface area contributed by atoms with Crippen LogP contribution in [0.15, 0.2) is 47.5 Å². The zero-order valence-corrected chi connectivity index (χ0v) is 18.0. The van der Waals surface area contributed by atoms with Gasteiger partial charge in [-0.05, 0) is 50.4 Å². The minimum Gasteiger partial charge on any atom is -0.369 e. The second-order valence-electron chi connectivity index (χ2n) is 8.12. The molecular formula is C23H25F2N5O2. The fourth-order valence-corrected chi connectivity index (χ4v) is 3.97. The van der Waals surface area contributed by atoms with Crippen LogP contribution in [-0.4, -0.2) is 53.6 Å². The summed E-state index contributed by atoms with van der Waals surface area (Å²) in [6.45, 7) is 4.92. The van der Waals surface area contributed by atoms with E-state index in [1.807, 2.05) is 0 Å². The molecular weight excluding hydrogens is 416 g/mol. The Labute approximate surface area is 184 Å². The summed E-state index contributed by atoms with van der Waals surface area (Å²) in [5.41, 5.74) is 1.42. The van der Waals surface area contributed by atoms with E-state index in [1.54, 1.807) is 13.0 Å². The van der Waals surface area contributed by atoms with Crippen molar-refractivity contribution in [2.45, 2.75) is 19.5 Å². The van der Waals surface area contributed by atoms with E-state index in [4.69, 9.17) is 0 Å². The molecule has 168 valence electrons. The number of nitrogens with one attached hydrogen (secondary N) is 1. The Morgan fingerprint density at radius 3 is 2.53 bits per heavy atom. The predicted molar refractivity (Wildman–Crippen MR) is 119 cm³/mol. The van der Waals surface area contributed by atoms with E-state index in [0.717, 1.165) is 42.5 Å². The zero-order chi connectivity index (χ0) is 22.8. The Morgan fingerprint density at radius 1 is 1.09 bits per heavy atom. The molecule has 1 aromatic heterocycles. The summed E-state index contributed by atoms with van der Waals surface area (Å²) in [7, 11) is 2.06.